The van der Waals surface area contributed by atoms with Crippen molar-refractivity contribution in [2.24, 2.45) is 0 Å². The number of para-hydroxylation sites is 1. The molecule has 0 bridgehead atoms. The number of rotatable bonds is 8. The summed E-state index contributed by atoms with van der Waals surface area (Å²) >= 11 is 0. The van der Waals surface area contributed by atoms with E-state index >= 15 is 0 Å². The lowest BCUT2D eigenvalue weighted by molar-refractivity contribution is 1.29. The van der Waals surface area contributed by atoms with Gasteiger partial charge in [-0.05, 0) is 90.3 Å². The van der Waals surface area contributed by atoms with Crippen LogP contribution in [0.3, 0.4) is 0 Å². The van der Waals surface area contributed by atoms with Crippen LogP contribution in [0.4, 0.5) is 17.1 Å². The molecule has 0 fully saturated rings. The van der Waals surface area contributed by atoms with Gasteiger partial charge < -0.3 is 4.90 Å². The van der Waals surface area contributed by atoms with Gasteiger partial charge in [0.2, 0.25) is 0 Å². The van der Waals surface area contributed by atoms with Gasteiger partial charge in [-0.25, -0.2) is 0 Å². The summed E-state index contributed by atoms with van der Waals surface area (Å²) in [6, 6.07) is 85.7. The van der Waals surface area contributed by atoms with Crippen LogP contribution in [0.2, 0.25) is 0 Å². The largest absolute Gasteiger partial charge is 0.309 e. The van der Waals surface area contributed by atoms with E-state index in [0.29, 0.717) is 0 Å². The van der Waals surface area contributed by atoms with E-state index < -0.39 is 0 Å². The van der Waals surface area contributed by atoms with Crippen LogP contribution in [0.5, 0.6) is 0 Å². The minimum atomic E-state index is 1.09. The SMILES string of the molecule is c1ccc(-c2ccc(N(c3ccc4c(-c5ccccc5)c(-c5ccccc5)c5ccccc5c4c3)c3c(-c4ccccc4)cccc3-c3ccccc3)cc2)cc1. The molecule has 0 amide bonds. The lowest BCUT2D eigenvalue weighted by Crippen LogP contribution is -2.13. The topological polar surface area (TPSA) is 3.24 Å². The van der Waals surface area contributed by atoms with E-state index in [4.69, 9.17) is 0 Å². The maximum Gasteiger partial charge on any atom is 0.0618 e. The molecule has 0 aliphatic carbocycles. The predicted octanol–water partition coefficient (Wildman–Crippen LogP) is 15.8. The molecular formula is C56H39N. The van der Waals surface area contributed by atoms with Gasteiger partial charge in [0, 0.05) is 22.5 Å². The molecule has 0 saturated heterocycles. The average molecular weight is 726 g/mol. The van der Waals surface area contributed by atoms with Crippen LogP contribution < -0.4 is 4.90 Å². The predicted molar refractivity (Wildman–Crippen MR) is 243 cm³/mol. The first-order valence-electron chi connectivity index (χ1n) is 19.6. The van der Waals surface area contributed by atoms with Gasteiger partial charge in [-0.15, -0.1) is 0 Å². The molecule has 0 aliphatic rings. The monoisotopic (exact) mass is 725 g/mol. The van der Waals surface area contributed by atoms with Gasteiger partial charge in [0.1, 0.15) is 0 Å². The Morgan fingerprint density at radius 2 is 0.614 bits per heavy atom. The maximum absolute atomic E-state index is 2.47. The molecule has 0 aliphatic heterocycles. The van der Waals surface area contributed by atoms with Crippen LogP contribution in [-0.4, -0.2) is 0 Å². The minimum Gasteiger partial charge on any atom is -0.309 e. The molecule has 1 heteroatoms. The molecule has 0 heterocycles. The highest BCUT2D eigenvalue weighted by molar-refractivity contribution is 6.22. The van der Waals surface area contributed by atoms with Gasteiger partial charge in [-0.3, -0.25) is 0 Å². The Morgan fingerprint density at radius 3 is 1.12 bits per heavy atom. The normalized spacial score (nSPS) is 11.2. The summed E-state index contributed by atoms with van der Waals surface area (Å²) in [6.45, 7) is 0. The van der Waals surface area contributed by atoms with Crippen molar-refractivity contribution in [2.75, 3.05) is 4.90 Å². The van der Waals surface area contributed by atoms with E-state index in [9.17, 15) is 0 Å². The van der Waals surface area contributed by atoms with E-state index in [1.807, 2.05) is 0 Å². The summed E-state index contributed by atoms with van der Waals surface area (Å²) in [6.07, 6.45) is 0. The summed E-state index contributed by atoms with van der Waals surface area (Å²) in [7, 11) is 0. The highest BCUT2D eigenvalue weighted by Gasteiger charge is 2.24. The molecule has 10 aromatic carbocycles. The standard InChI is InChI=1S/C56H39N/c1-6-19-40(20-7-1)41-33-35-46(36-34-41)57(56-48(42-21-8-2-9-22-42)31-18-32-49(56)43-23-10-3-11-24-43)47-37-38-52-53(39-47)50-29-16-17-30-51(50)54(44-25-12-4-13-26-44)55(52)45-27-14-5-15-28-45/h1-39H. The van der Waals surface area contributed by atoms with Crippen molar-refractivity contribution >= 4 is 38.6 Å². The van der Waals surface area contributed by atoms with Crippen LogP contribution in [0, 0.1) is 0 Å². The number of fused-ring (bicyclic) bond motifs is 3. The molecular weight excluding hydrogens is 687 g/mol. The third kappa shape index (κ3) is 6.36. The Bertz CT molecular complexity index is 2900. The third-order valence-electron chi connectivity index (χ3n) is 11.1. The van der Waals surface area contributed by atoms with Crippen LogP contribution in [0.1, 0.15) is 0 Å². The van der Waals surface area contributed by atoms with E-state index in [0.717, 1.165) is 17.1 Å². The number of nitrogens with zero attached hydrogens (tertiary/aromatic N) is 1. The van der Waals surface area contributed by atoms with E-state index in [1.165, 1.54) is 77.2 Å². The van der Waals surface area contributed by atoms with E-state index in [-0.39, 0.29) is 0 Å². The first kappa shape index (κ1) is 34.0. The zero-order valence-corrected chi connectivity index (χ0v) is 31.5. The van der Waals surface area contributed by atoms with Crippen molar-refractivity contribution in [3.63, 3.8) is 0 Å². The number of benzene rings is 10. The molecule has 0 spiro atoms. The summed E-state index contributed by atoms with van der Waals surface area (Å²) in [5, 5.41) is 4.90. The fraction of sp³-hybridized carbons (Fsp3) is 0. The van der Waals surface area contributed by atoms with Gasteiger partial charge in [0.05, 0.1) is 5.69 Å². The van der Waals surface area contributed by atoms with Crippen molar-refractivity contribution in [3.05, 3.63) is 237 Å². The Kier molecular flexibility index (Phi) is 8.95. The molecule has 10 rings (SSSR count). The lowest BCUT2D eigenvalue weighted by Gasteiger charge is -2.31. The zero-order valence-electron chi connectivity index (χ0n) is 31.5. The number of hydrogen-bond acceptors (Lipinski definition) is 1. The van der Waals surface area contributed by atoms with Gasteiger partial charge in [0.25, 0.3) is 0 Å². The molecule has 0 radical (unpaired) electrons. The van der Waals surface area contributed by atoms with Crippen LogP contribution in [0.15, 0.2) is 237 Å². The maximum atomic E-state index is 2.47. The second kappa shape index (κ2) is 15.0. The molecule has 10 aromatic rings. The summed E-state index contributed by atoms with van der Waals surface area (Å²) in [5.74, 6) is 0. The zero-order chi connectivity index (χ0) is 38.0. The first-order valence-corrected chi connectivity index (χ1v) is 19.6. The molecule has 268 valence electrons. The summed E-state index contributed by atoms with van der Waals surface area (Å²) in [5.41, 5.74) is 15.3. The van der Waals surface area contributed by atoms with Crippen molar-refractivity contribution in [3.8, 4) is 55.6 Å². The Balaban J connectivity index is 1.29. The molecule has 0 atom stereocenters. The third-order valence-corrected chi connectivity index (χ3v) is 11.1. The fourth-order valence-corrected chi connectivity index (χ4v) is 8.45. The fourth-order valence-electron chi connectivity index (χ4n) is 8.45. The van der Waals surface area contributed by atoms with Crippen molar-refractivity contribution in [1.29, 1.82) is 0 Å². The molecule has 0 N–H and O–H groups in total. The van der Waals surface area contributed by atoms with E-state index in [2.05, 4.69) is 241 Å². The quantitative estimate of drug-likeness (QED) is 0.141. The minimum absolute atomic E-state index is 1.09. The molecule has 0 saturated carbocycles. The van der Waals surface area contributed by atoms with Gasteiger partial charge in [0.15, 0.2) is 0 Å². The van der Waals surface area contributed by atoms with Gasteiger partial charge >= 0.3 is 0 Å². The van der Waals surface area contributed by atoms with Crippen molar-refractivity contribution < 1.29 is 0 Å². The Labute approximate surface area is 334 Å². The molecule has 0 unspecified atom stereocenters. The molecule has 57 heavy (non-hydrogen) atoms. The molecule has 0 aromatic heterocycles. The highest BCUT2D eigenvalue weighted by atomic mass is 15.1. The second-order valence-corrected chi connectivity index (χ2v) is 14.4. The summed E-state index contributed by atoms with van der Waals surface area (Å²) < 4.78 is 0. The number of hydrogen-bond donors (Lipinski definition) is 0. The van der Waals surface area contributed by atoms with Gasteiger partial charge in [-0.1, -0.05) is 212 Å². The van der Waals surface area contributed by atoms with Crippen molar-refractivity contribution in [2.45, 2.75) is 0 Å². The summed E-state index contributed by atoms with van der Waals surface area (Å²) in [4.78, 5) is 2.47. The Hall–Kier alpha value is -7.48. The van der Waals surface area contributed by atoms with Crippen LogP contribution in [0.25, 0.3) is 77.2 Å². The van der Waals surface area contributed by atoms with Crippen molar-refractivity contribution in [1.82, 2.24) is 0 Å². The highest BCUT2D eigenvalue weighted by Crippen LogP contribution is 2.50. The Morgan fingerprint density at radius 1 is 0.228 bits per heavy atom. The average Bonchev–Trinajstić information content (AvgIpc) is 3.30. The first-order chi connectivity index (χ1) is 28.3. The van der Waals surface area contributed by atoms with Crippen LogP contribution >= 0.6 is 0 Å². The molecule has 1 nitrogen and oxygen atoms in total. The second-order valence-electron chi connectivity index (χ2n) is 14.4. The van der Waals surface area contributed by atoms with E-state index in [1.54, 1.807) is 0 Å². The lowest BCUT2D eigenvalue weighted by atomic mass is 9.85. The number of anilines is 3. The smallest absolute Gasteiger partial charge is 0.0618 e. The van der Waals surface area contributed by atoms with Gasteiger partial charge in [-0.2, -0.15) is 0 Å². The van der Waals surface area contributed by atoms with Crippen LogP contribution in [-0.2, 0) is 0 Å².